The van der Waals surface area contributed by atoms with Gasteiger partial charge in [-0.3, -0.25) is 4.98 Å². The zero-order valence-corrected chi connectivity index (χ0v) is 8.54. The van der Waals surface area contributed by atoms with Crippen LogP contribution in [0.25, 0.3) is 10.8 Å². The molecule has 1 aromatic heterocycles. The van der Waals surface area contributed by atoms with Crippen LogP contribution in [-0.4, -0.2) is 4.98 Å². The first kappa shape index (κ1) is 7.98. The molecule has 0 N–H and O–H groups in total. The van der Waals surface area contributed by atoms with Crippen LogP contribution < -0.4 is 0 Å². The number of hydrogen-bond acceptors (Lipinski definition) is 1. The number of pyridine rings is 1. The number of hydrogen-bond donors (Lipinski definition) is 0. The summed E-state index contributed by atoms with van der Waals surface area (Å²) in [5.41, 5.74) is 3.14. The van der Waals surface area contributed by atoms with E-state index >= 15 is 0 Å². The van der Waals surface area contributed by atoms with E-state index in [1.165, 1.54) is 21.9 Å². The zero-order chi connectivity index (χ0) is 9.76. The number of aromatic nitrogens is 1. The van der Waals surface area contributed by atoms with Crippen molar-refractivity contribution in [3.05, 3.63) is 41.7 Å². The molecule has 3 rings (SSSR count). The monoisotopic (exact) mass is 183 g/mol. The molecule has 1 aromatic carbocycles. The van der Waals surface area contributed by atoms with Gasteiger partial charge in [0.15, 0.2) is 0 Å². The first-order valence-electron chi connectivity index (χ1n) is 5.04. The third-order valence-corrected chi connectivity index (χ3v) is 3.23. The van der Waals surface area contributed by atoms with Gasteiger partial charge in [-0.15, -0.1) is 0 Å². The molecule has 1 aliphatic carbocycles. The van der Waals surface area contributed by atoms with E-state index in [2.05, 4.69) is 37.0 Å². The van der Waals surface area contributed by atoms with Gasteiger partial charge < -0.3 is 0 Å². The van der Waals surface area contributed by atoms with Gasteiger partial charge in [0.2, 0.25) is 0 Å². The molecule has 14 heavy (non-hydrogen) atoms. The minimum absolute atomic E-state index is 0.260. The van der Waals surface area contributed by atoms with E-state index in [-0.39, 0.29) is 5.41 Å². The van der Waals surface area contributed by atoms with Crippen LogP contribution in [0.4, 0.5) is 0 Å². The van der Waals surface area contributed by atoms with E-state index in [0.717, 1.165) is 6.42 Å². The van der Waals surface area contributed by atoms with E-state index in [9.17, 15) is 0 Å². The quantitative estimate of drug-likeness (QED) is 0.611. The average Bonchev–Trinajstić information content (AvgIpc) is 2.41. The normalized spacial score (nSPS) is 17.6. The second kappa shape index (κ2) is 2.35. The van der Waals surface area contributed by atoms with Crippen molar-refractivity contribution < 1.29 is 0 Å². The van der Waals surface area contributed by atoms with Gasteiger partial charge in [-0.25, -0.2) is 0 Å². The van der Waals surface area contributed by atoms with Crippen molar-refractivity contribution in [2.45, 2.75) is 25.7 Å². The molecule has 0 saturated carbocycles. The van der Waals surface area contributed by atoms with Crippen molar-refractivity contribution >= 4 is 10.8 Å². The maximum Gasteiger partial charge on any atom is 0.0346 e. The molecule has 1 heterocycles. The van der Waals surface area contributed by atoms with Crippen molar-refractivity contribution in [2.75, 3.05) is 0 Å². The Labute approximate surface area is 83.8 Å². The highest BCUT2D eigenvalue weighted by Crippen LogP contribution is 2.41. The van der Waals surface area contributed by atoms with E-state index in [1.54, 1.807) is 0 Å². The molecule has 2 aromatic rings. The molecule has 1 nitrogen and oxygen atoms in total. The second-order valence-corrected chi connectivity index (χ2v) is 4.76. The Morgan fingerprint density at radius 1 is 1.21 bits per heavy atom. The van der Waals surface area contributed by atoms with Crippen molar-refractivity contribution in [2.24, 2.45) is 0 Å². The largest absolute Gasteiger partial charge is 0.264 e. The molecule has 0 unspecified atom stereocenters. The number of benzene rings is 1. The Kier molecular flexibility index (Phi) is 1.34. The first-order valence-corrected chi connectivity index (χ1v) is 5.04. The third kappa shape index (κ3) is 0.872. The van der Waals surface area contributed by atoms with Gasteiger partial charge in [0.25, 0.3) is 0 Å². The minimum Gasteiger partial charge on any atom is -0.264 e. The molecule has 0 amide bonds. The van der Waals surface area contributed by atoms with Gasteiger partial charge in [-0.2, -0.15) is 0 Å². The molecule has 0 saturated heterocycles. The lowest BCUT2D eigenvalue weighted by Gasteiger charge is -2.18. The minimum atomic E-state index is 0.260. The smallest absolute Gasteiger partial charge is 0.0346 e. The molecule has 0 spiro atoms. The van der Waals surface area contributed by atoms with Crippen LogP contribution in [0.15, 0.2) is 30.6 Å². The maximum atomic E-state index is 4.31. The maximum absolute atomic E-state index is 4.31. The molecular formula is C13H13N. The Balaban J connectivity index is 2.50. The molecule has 0 bridgehead atoms. The topological polar surface area (TPSA) is 12.9 Å². The van der Waals surface area contributed by atoms with Crippen molar-refractivity contribution in [1.82, 2.24) is 4.98 Å². The van der Waals surface area contributed by atoms with E-state index in [0.29, 0.717) is 0 Å². The molecule has 0 atom stereocenters. The summed E-state index contributed by atoms with van der Waals surface area (Å²) in [6.45, 7) is 4.59. The summed E-state index contributed by atoms with van der Waals surface area (Å²) < 4.78 is 0. The van der Waals surface area contributed by atoms with Gasteiger partial charge in [0.1, 0.15) is 0 Å². The predicted octanol–water partition coefficient (Wildman–Crippen LogP) is 3.07. The van der Waals surface area contributed by atoms with Crippen LogP contribution in [0, 0.1) is 0 Å². The lowest BCUT2D eigenvalue weighted by molar-refractivity contribution is 0.544. The highest BCUT2D eigenvalue weighted by molar-refractivity contribution is 5.91. The van der Waals surface area contributed by atoms with E-state index in [1.807, 2.05) is 12.4 Å². The van der Waals surface area contributed by atoms with Crippen molar-refractivity contribution in [3.8, 4) is 0 Å². The highest BCUT2D eigenvalue weighted by atomic mass is 14.6. The molecular weight excluding hydrogens is 170 g/mol. The summed E-state index contributed by atoms with van der Waals surface area (Å²) in [5.74, 6) is 0. The van der Waals surface area contributed by atoms with Crippen molar-refractivity contribution in [3.63, 3.8) is 0 Å². The summed E-state index contributed by atoms with van der Waals surface area (Å²) in [6.07, 6.45) is 5.13. The van der Waals surface area contributed by atoms with Gasteiger partial charge in [0.05, 0.1) is 0 Å². The molecule has 1 heteroatoms. The fourth-order valence-corrected chi connectivity index (χ4v) is 2.54. The summed E-state index contributed by atoms with van der Waals surface area (Å²) in [5, 5.41) is 2.72. The van der Waals surface area contributed by atoms with Gasteiger partial charge in [0, 0.05) is 17.8 Å². The van der Waals surface area contributed by atoms with E-state index in [4.69, 9.17) is 0 Å². The summed E-state index contributed by atoms with van der Waals surface area (Å²) in [4.78, 5) is 4.31. The fourth-order valence-electron chi connectivity index (χ4n) is 2.54. The van der Waals surface area contributed by atoms with Crippen LogP contribution >= 0.6 is 0 Å². The second-order valence-electron chi connectivity index (χ2n) is 4.76. The Hall–Kier alpha value is -1.37. The van der Waals surface area contributed by atoms with Crippen LogP contribution in [0.5, 0.6) is 0 Å². The fraction of sp³-hybridized carbons (Fsp3) is 0.308. The Morgan fingerprint density at radius 3 is 2.93 bits per heavy atom. The molecule has 70 valence electrons. The first-order chi connectivity index (χ1) is 6.68. The van der Waals surface area contributed by atoms with Crippen LogP contribution in [0.1, 0.15) is 25.0 Å². The van der Waals surface area contributed by atoms with Crippen molar-refractivity contribution in [1.29, 1.82) is 0 Å². The highest BCUT2D eigenvalue weighted by Gasteiger charge is 2.30. The van der Waals surface area contributed by atoms with Crippen LogP contribution in [0.3, 0.4) is 0 Å². The zero-order valence-electron chi connectivity index (χ0n) is 8.54. The van der Waals surface area contributed by atoms with Crippen LogP contribution in [0.2, 0.25) is 0 Å². The lowest BCUT2D eigenvalue weighted by atomic mass is 9.86. The summed E-state index contributed by atoms with van der Waals surface area (Å²) in [6, 6.07) is 6.52. The standard InChI is InChI=1S/C13H13N/c1-13(2)6-9-4-3-5-10-7-14-8-11(13)12(9)10/h3-5,7-8H,6H2,1-2H3. The SMILES string of the molecule is CC1(C)Cc2cccc3cncc1c23. The molecule has 1 aliphatic rings. The molecule has 0 aliphatic heterocycles. The predicted molar refractivity (Wildman–Crippen MR) is 58.5 cm³/mol. The third-order valence-electron chi connectivity index (χ3n) is 3.23. The van der Waals surface area contributed by atoms with Gasteiger partial charge >= 0.3 is 0 Å². The van der Waals surface area contributed by atoms with Crippen LogP contribution in [-0.2, 0) is 11.8 Å². The average molecular weight is 183 g/mol. The summed E-state index contributed by atoms with van der Waals surface area (Å²) in [7, 11) is 0. The molecule has 0 radical (unpaired) electrons. The lowest BCUT2D eigenvalue weighted by Crippen LogP contribution is -2.14. The number of rotatable bonds is 0. The van der Waals surface area contributed by atoms with E-state index < -0.39 is 0 Å². The Bertz CT molecular complexity index is 506. The van der Waals surface area contributed by atoms with Gasteiger partial charge in [-0.1, -0.05) is 32.0 Å². The summed E-state index contributed by atoms with van der Waals surface area (Å²) >= 11 is 0. The molecule has 0 fully saturated rings. The Morgan fingerprint density at radius 2 is 2.07 bits per heavy atom. The van der Waals surface area contributed by atoms with Gasteiger partial charge in [-0.05, 0) is 28.3 Å². The number of nitrogens with zero attached hydrogens (tertiary/aromatic N) is 1.